The molecule has 2 aromatic heterocycles. The summed E-state index contributed by atoms with van der Waals surface area (Å²) in [5, 5.41) is 8.49. The largest absolute Gasteiger partial charge is 0.359 e. The van der Waals surface area contributed by atoms with Crippen LogP contribution in [0.4, 0.5) is 0 Å². The summed E-state index contributed by atoms with van der Waals surface area (Å²) in [7, 11) is 1.69. The lowest BCUT2D eigenvalue weighted by Gasteiger charge is -2.26. The fourth-order valence-corrected chi connectivity index (χ4v) is 3.04. The summed E-state index contributed by atoms with van der Waals surface area (Å²) < 4.78 is 6.88. The maximum Gasteiger partial charge on any atom is 0.266 e. The van der Waals surface area contributed by atoms with E-state index < -0.39 is 0 Å². The molecule has 6 nitrogen and oxygen atoms in total. The Labute approximate surface area is 139 Å². The van der Waals surface area contributed by atoms with Crippen LogP contribution in [0.3, 0.4) is 0 Å². The second kappa shape index (κ2) is 6.05. The summed E-state index contributed by atoms with van der Waals surface area (Å²) in [4.78, 5) is 14.0. The van der Waals surface area contributed by atoms with Crippen LogP contribution in [0.1, 0.15) is 17.0 Å². The number of rotatable bonds is 3. The summed E-state index contributed by atoms with van der Waals surface area (Å²) in [5.41, 5.74) is 3.84. The molecule has 1 aliphatic heterocycles. The standard InChI is InChI=1S/C18H18N4O2/c1-21-18(23)9-14-11-22(8-7-16(14)19-21)12-15-10-17(20-24-15)13-5-3-2-4-6-13/h2-6,9-10H,7-8,11-12H2,1H3. The molecule has 0 saturated heterocycles. The Balaban J connectivity index is 1.50. The van der Waals surface area contributed by atoms with Crippen molar-refractivity contribution in [3.8, 4) is 11.3 Å². The van der Waals surface area contributed by atoms with E-state index in [0.717, 1.165) is 41.2 Å². The van der Waals surface area contributed by atoms with Crippen molar-refractivity contribution >= 4 is 0 Å². The van der Waals surface area contributed by atoms with E-state index in [9.17, 15) is 4.79 Å². The topological polar surface area (TPSA) is 64.2 Å². The van der Waals surface area contributed by atoms with Crippen LogP contribution in [-0.4, -0.2) is 26.4 Å². The van der Waals surface area contributed by atoms with E-state index in [0.29, 0.717) is 13.1 Å². The summed E-state index contributed by atoms with van der Waals surface area (Å²) in [6.45, 7) is 2.27. The van der Waals surface area contributed by atoms with Crippen LogP contribution in [0.2, 0.25) is 0 Å². The number of nitrogens with zero attached hydrogens (tertiary/aromatic N) is 4. The summed E-state index contributed by atoms with van der Waals surface area (Å²) in [6, 6.07) is 13.6. The molecule has 6 heteroatoms. The number of aryl methyl sites for hydroxylation is 1. The van der Waals surface area contributed by atoms with Gasteiger partial charge in [-0.3, -0.25) is 9.69 Å². The lowest BCUT2D eigenvalue weighted by Crippen LogP contribution is -2.33. The Morgan fingerprint density at radius 2 is 2.04 bits per heavy atom. The third-order valence-corrected chi connectivity index (χ3v) is 4.32. The highest BCUT2D eigenvalue weighted by molar-refractivity contribution is 5.58. The molecule has 0 amide bonds. The van der Waals surface area contributed by atoms with E-state index in [4.69, 9.17) is 4.52 Å². The van der Waals surface area contributed by atoms with E-state index in [-0.39, 0.29) is 5.56 Å². The van der Waals surface area contributed by atoms with Crippen molar-refractivity contribution in [2.75, 3.05) is 6.54 Å². The smallest absolute Gasteiger partial charge is 0.266 e. The van der Waals surface area contributed by atoms with Crippen molar-refractivity contribution < 1.29 is 4.52 Å². The fraction of sp³-hybridized carbons (Fsp3) is 0.278. The molecule has 122 valence electrons. The molecule has 0 fully saturated rings. The lowest BCUT2D eigenvalue weighted by atomic mass is 10.1. The van der Waals surface area contributed by atoms with Gasteiger partial charge in [0, 0.05) is 44.3 Å². The number of fused-ring (bicyclic) bond motifs is 1. The number of aromatic nitrogens is 3. The Morgan fingerprint density at radius 1 is 1.21 bits per heavy atom. The van der Waals surface area contributed by atoms with E-state index in [1.165, 1.54) is 4.68 Å². The van der Waals surface area contributed by atoms with Gasteiger partial charge in [-0.2, -0.15) is 5.10 Å². The van der Waals surface area contributed by atoms with Crippen LogP contribution >= 0.6 is 0 Å². The van der Waals surface area contributed by atoms with Gasteiger partial charge in [-0.25, -0.2) is 4.68 Å². The first-order chi connectivity index (χ1) is 11.7. The van der Waals surface area contributed by atoms with Gasteiger partial charge in [0.25, 0.3) is 5.56 Å². The van der Waals surface area contributed by atoms with E-state index >= 15 is 0 Å². The highest BCUT2D eigenvalue weighted by Crippen LogP contribution is 2.21. The molecule has 0 spiro atoms. The zero-order valence-corrected chi connectivity index (χ0v) is 13.5. The van der Waals surface area contributed by atoms with Gasteiger partial charge in [0.15, 0.2) is 5.76 Å². The van der Waals surface area contributed by atoms with Crippen molar-refractivity contribution in [1.82, 2.24) is 19.8 Å². The van der Waals surface area contributed by atoms with E-state index in [1.807, 2.05) is 36.4 Å². The van der Waals surface area contributed by atoms with Crippen molar-refractivity contribution in [3.63, 3.8) is 0 Å². The van der Waals surface area contributed by atoms with Crippen molar-refractivity contribution in [1.29, 1.82) is 0 Å². The van der Waals surface area contributed by atoms with Gasteiger partial charge >= 0.3 is 0 Å². The fourth-order valence-electron chi connectivity index (χ4n) is 3.04. The van der Waals surface area contributed by atoms with Crippen LogP contribution in [0, 0.1) is 0 Å². The Kier molecular flexibility index (Phi) is 3.74. The second-order valence-electron chi connectivity index (χ2n) is 6.08. The first-order valence-corrected chi connectivity index (χ1v) is 7.98. The highest BCUT2D eigenvalue weighted by atomic mass is 16.5. The maximum absolute atomic E-state index is 11.8. The molecular formula is C18H18N4O2. The van der Waals surface area contributed by atoms with Crippen LogP contribution in [0.5, 0.6) is 0 Å². The van der Waals surface area contributed by atoms with E-state index in [1.54, 1.807) is 13.1 Å². The van der Waals surface area contributed by atoms with Crippen molar-refractivity contribution in [2.45, 2.75) is 19.5 Å². The van der Waals surface area contributed by atoms with Crippen LogP contribution in [-0.2, 0) is 26.6 Å². The average molecular weight is 322 g/mol. The molecule has 1 aliphatic rings. The number of hydrogen-bond donors (Lipinski definition) is 0. The molecule has 24 heavy (non-hydrogen) atoms. The molecule has 0 N–H and O–H groups in total. The minimum Gasteiger partial charge on any atom is -0.359 e. The number of hydrogen-bond acceptors (Lipinski definition) is 5. The molecule has 0 bridgehead atoms. The van der Waals surface area contributed by atoms with Crippen LogP contribution < -0.4 is 5.56 Å². The zero-order valence-electron chi connectivity index (χ0n) is 13.5. The minimum absolute atomic E-state index is 0.0679. The third-order valence-electron chi connectivity index (χ3n) is 4.32. The maximum atomic E-state index is 11.8. The Morgan fingerprint density at radius 3 is 2.88 bits per heavy atom. The molecule has 3 aromatic rings. The van der Waals surface area contributed by atoms with Crippen LogP contribution in [0.15, 0.2) is 51.8 Å². The first kappa shape index (κ1) is 14.8. The van der Waals surface area contributed by atoms with Crippen molar-refractivity contribution in [3.05, 3.63) is 69.8 Å². The molecule has 3 heterocycles. The monoisotopic (exact) mass is 322 g/mol. The molecule has 0 unspecified atom stereocenters. The zero-order chi connectivity index (χ0) is 16.5. The molecule has 0 radical (unpaired) electrons. The molecule has 0 atom stereocenters. The summed E-state index contributed by atoms with van der Waals surface area (Å²) in [6.07, 6.45) is 0.836. The molecule has 0 aliphatic carbocycles. The van der Waals surface area contributed by atoms with Gasteiger partial charge in [-0.15, -0.1) is 0 Å². The Bertz CT molecular complexity index is 914. The SMILES string of the molecule is Cn1nc2c(cc1=O)CN(Cc1cc(-c3ccccc3)no1)CC2. The van der Waals surface area contributed by atoms with Gasteiger partial charge in [-0.1, -0.05) is 35.5 Å². The predicted octanol–water partition coefficient (Wildman–Crippen LogP) is 1.99. The third kappa shape index (κ3) is 2.88. The normalized spacial score (nSPS) is 14.5. The predicted molar refractivity (Wildman–Crippen MR) is 89.2 cm³/mol. The molecule has 0 saturated carbocycles. The molecular weight excluding hydrogens is 304 g/mol. The Hall–Kier alpha value is -2.73. The van der Waals surface area contributed by atoms with E-state index in [2.05, 4.69) is 15.2 Å². The van der Waals surface area contributed by atoms with Gasteiger partial charge < -0.3 is 4.52 Å². The lowest BCUT2D eigenvalue weighted by molar-refractivity contribution is 0.212. The summed E-state index contributed by atoms with van der Waals surface area (Å²) in [5.74, 6) is 0.828. The van der Waals surface area contributed by atoms with Gasteiger partial charge in [-0.05, 0) is 5.56 Å². The van der Waals surface area contributed by atoms with Gasteiger partial charge in [0.1, 0.15) is 5.69 Å². The summed E-state index contributed by atoms with van der Waals surface area (Å²) >= 11 is 0. The quantitative estimate of drug-likeness (QED) is 0.738. The highest BCUT2D eigenvalue weighted by Gasteiger charge is 2.20. The molecule has 4 rings (SSSR count). The number of benzene rings is 1. The van der Waals surface area contributed by atoms with Crippen LogP contribution in [0.25, 0.3) is 11.3 Å². The molecule has 1 aromatic carbocycles. The van der Waals surface area contributed by atoms with Gasteiger partial charge in [0.2, 0.25) is 0 Å². The van der Waals surface area contributed by atoms with Gasteiger partial charge in [0.05, 0.1) is 12.2 Å². The minimum atomic E-state index is -0.0679. The average Bonchev–Trinajstić information content (AvgIpc) is 3.05. The first-order valence-electron chi connectivity index (χ1n) is 7.98. The van der Waals surface area contributed by atoms with Crippen molar-refractivity contribution in [2.24, 2.45) is 7.05 Å². The second-order valence-corrected chi connectivity index (χ2v) is 6.08.